The molecule has 0 fully saturated rings. The number of nitrogens with zero attached hydrogens (tertiary/aromatic N) is 1. The molecular formula is C16H10N2O2. The second-order valence-electron chi connectivity index (χ2n) is 4.71. The number of hydrogen-bond acceptors (Lipinski definition) is 2. The monoisotopic (exact) mass is 262 g/mol. The summed E-state index contributed by atoms with van der Waals surface area (Å²) in [7, 11) is 0. The molecule has 0 unspecified atom stereocenters. The molecule has 0 aliphatic carbocycles. The summed E-state index contributed by atoms with van der Waals surface area (Å²) in [5.74, 6) is -0.0880. The average Bonchev–Trinajstić information content (AvgIpc) is 2.99. The summed E-state index contributed by atoms with van der Waals surface area (Å²) < 4.78 is 0. The van der Waals surface area contributed by atoms with Gasteiger partial charge in [-0.05, 0) is 29.7 Å². The van der Waals surface area contributed by atoms with Gasteiger partial charge in [-0.15, -0.1) is 0 Å². The number of aromatic nitrogens is 1. The Labute approximate surface area is 114 Å². The van der Waals surface area contributed by atoms with E-state index >= 15 is 0 Å². The van der Waals surface area contributed by atoms with Gasteiger partial charge in [0.2, 0.25) is 0 Å². The lowest BCUT2D eigenvalue weighted by Gasteiger charge is -2.25. The minimum absolute atomic E-state index is 0.290. The number of carbonyl (C=O) groups excluding carboxylic acids is 2. The first kappa shape index (κ1) is 11.0. The molecule has 0 atom stereocenters. The Bertz CT molecular complexity index is 799. The van der Waals surface area contributed by atoms with Crippen LogP contribution >= 0.6 is 0 Å². The van der Waals surface area contributed by atoms with Crippen molar-refractivity contribution in [3.63, 3.8) is 0 Å². The van der Waals surface area contributed by atoms with Gasteiger partial charge in [-0.2, -0.15) is 0 Å². The molecule has 20 heavy (non-hydrogen) atoms. The van der Waals surface area contributed by atoms with Crippen LogP contribution in [0.4, 0.5) is 5.82 Å². The maximum atomic E-state index is 12.6. The maximum absolute atomic E-state index is 12.6. The van der Waals surface area contributed by atoms with E-state index in [1.807, 2.05) is 24.3 Å². The summed E-state index contributed by atoms with van der Waals surface area (Å²) in [4.78, 5) is 29.3. The SMILES string of the molecule is O=C1c2cccc3cccc(c23)C(=O)N1c1ccc[nH]1. The van der Waals surface area contributed by atoms with Crippen molar-refractivity contribution < 1.29 is 9.59 Å². The summed E-state index contributed by atoms with van der Waals surface area (Å²) in [6.07, 6.45) is 1.69. The molecule has 0 saturated heterocycles. The van der Waals surface area contributed by atoms with Crippen LogP contribution in [0.1, 0.15) is 20.7 Å². The van der Waals surface area contributed by atoms with Crippen molar-refractivity contribution in [3.8, 4) is 0 Å². The van der Waals surface area contributed by atoms with Crippen LogP contribution in [0.5, 0.6) is 0 Å². The zero-order chi connectivity index (χ0) is 13.7. The van der Waals surface area contributed by atoms with E-state index in [0.717, 1.165) is 10.8 Å². The molecule has 4 nitrogen and oxygen atoms in total. The van der Waals surface area contributed by atoms with Crippen molar-refractivity contribution in [2.75, 3.05) is 4.90 Å². The Hall–Kier alpha value is -2.88. The molecule has 1 aliphatic heterocycles. The summed E-state index contributed by atoms with van der Waals surface area (Å²) >= 11 is 0. The standard InChI is InChI=1S/C16H10N2O2/c19-15-11-6-1-4-10-5-2-7-12(14(10)11)16(20)18(15)13-8-3-9-17-13/h1-9,17H. The molecule has 4 heteroatoms. The van der Waals surface area contributed by atoms with Gasteiger partial charge in [-0.25, -0.2) is 4.90 Å². The van der Waals surface area contributed by atoms with E-state index < -0.39 is 0 Å². The zero-order valence-corrected chi connectivity index (χ0v) is 10.5. The van der Waals surface area contributed by atoms with Crippen molar-refractivity contribution >= 4 is 28.4 Å². The van der Waals surface area contributed by atoms with E-state index in [1.54, 1.807) is 30.5 Å². The Morgan fingerprint density at radius 1 is 0.800 bits per heavy atom. The van der Waals surface area contributed by atoms with Crippen molar-refractivity contribution in [1.29, 1.82) is 0 Å². The fourth-order valence-corrected chi connectivity index (χ4v) is 2.71. The molecule has 96 valence electrons. The highest BCUT2D eigenvalue weighted by molar-refractivity contribution is 6.35. The first-order chi connectivity index (χ1) is 9.77. The van der Waals surface area contributed by atoms with Crippen LogP contribution in [0.25, 0.3) is 10.8 Å². The summed E-state index contributed by atoms with van der Waals surface area (Å²) in [5.41, 5.74) is 1.12. The molecule has 0 radical (unpaired) electrons. The number of hydrogen-bond donors (Lipinski definition) is 1. The zero-order valence-electron chi connectivity index (χ0n) is 10.5. The van der Waals surface area contributed by atoms with Gasteiger partial charge < -0.3 is 4.98 Å². The van der Waals surface area contributed by atoms with Crippen LogP contribution < -0.4 is 4.90 Å². The number of aromatic amines is 1. The predicted octanol–water partition coefficient (Wildman–Crippen LogP) is 2.97. The largest absolute Gasteiger partial charge is 0.348 e. The fourth-order valence-electron chi connectivity index (χ4n) is 2.71. The molecule has 1 N–H and O–H groups in total. The third-order valence-electron chi connectivity index (χ3n) is 3.59. The van der Waals surface area contributed by atoms with Crippen LogP contribution in [0.15, 0.2) is 54.7 Å². The number of benzene rings is 2. The molecule has 0 bridgehead atoms. The first-order valence-corrected chi connectivity index (χ1v) is 6.31. The molecule has 0 spiro atoms. The second-order valence-corrected chi connectivity index (χ2v) is 4.71. The molecular weight excluding hydrogens is 252 g/mol. The Morgan fingerprint density at radius 2 is 1.45 bits per heavy atom. The lowest BCUT2D eigenvalue weighted by Crippen LogP contribution is -2.40. The molecule has 2 aromatic carbocycles. The van der Waals surface area contributed by atoms with Crippen LogP contribution in [-0.4, -0.2) is 16.8 Å². The first-order valence-electron chi connectivity index (χ1n) is 6.31. The highest BCUT2D eigenvalue weighted by Gasteiger charge is 2.34. The van der Waals surface area contributed by atoms with Gasteiger partial charge >= 0.3 is 0 Å². The van der Waals surface area contributed by atoms with E-state index in [9.17, 15) is 9.59 Å². The number of carbonyl (C=O) groups is 2. The molecule has 1 aliphatic rings. The van der Waals surface area contributed by atoms with E-state index in [0.29, 0.717) is 16.9 Å². The van der Waals surface area contributed by atoms with Crippen LogP contribution in [0, 0.1) is 0 Å². The number of amides is 2. The van der Waals surface area contributed by atoms with Gasteiger partial charge in [0.05, 0.1) is 0 Å². The van der Waals surface area contributed by atoms with Gasteiger partial charge in [0.15, 0.2) is 0 Å². The van der Waals surface area contributed by atoms with E-state index in [4.69, 9.17) is 0 Å². The van der Waals surface area contributed by atoms with Crippen LogP contribution in [0.3, 0.4) is 0 Å². The number of anilines is 1. The lowest BCUT2D eigenvalue weighted by atomic mass is 9.94. The fraction of sp³-hybridized carbons (Fsp3) is 0. The minimum Gasteiger partial charge on any atom is -0.348 e. The minimum atomic E-state index is -0.290. The number of imide groups is 1. The number of nitrogens with one attached hydrogen (secondary N) is 1. The van der Waals surface area contributed by atoms with E-state index in [-0.39, 0.29) is 11.8 Å². The van der Waals surface area contributed by atoms with Gasteiger partial charge in [-0.1, -0.05) is 24.3 Å². The van der Waals surface area contributed by atoms with Gasteiger partial charge in [0.1, 0.15) is 5.82 Å². The number of rotatable bonds is 1. The van der Waals surface area contributed by atoms with Gasteiger partial charge in [0, 0.05) is 22.7 Å². The third-order valence-corrected chi connectivity index (χ3v) is 3.59. The van der Waals surface area contributed by atoms with Crippen molar-refractivity contribution in [1.82, 2.24) is 4.98 Å². The second kappa shape index (κ2) is 3.81. The topological polar surface area (TPSA) is 53.2 Å². The van der Waals surface area contributed by atoms with Crippen LogP contribution in [-0.2, 0) is 0 Å². The summed E-state index contributed by atoms with van der Waals surface area (Å²) in [6.45, 7) is 0. The Morgan fingerprint density at radius 3 is 2.00 bits per heavy atom. The summed E-state index contributed by atoms with van der Waals surface area (Å²) in [5, 5.41) is 1.65. The molecule has 1 aromatic heterocycles. The Kier molecular flexibility index (Phi) is 2.09. The maximum Gasteiger partial charge on any atom is 0.267 e. The van der Waals surface area contributed by atoms with E-state index in [1.165, 1.54) is 4.90 Å². The lowest BCUT2D eigenvalue weighted by molar-refractivity contribution is 0.0892. The molecule has 0 saturated carbocycles. The van der Waals surface area contributed by atoms with Crippen molar-refractivity contribution in [2.24, 2.45) is 0 Å². The third kappa shape index (κ3) is 1.30. The molecule has 2 amide bonds. The molecule has 3 aromatic rings. The predicted molar refractivity (Wildman–Crippen MR) is 75.9 cm³/mol. The average molecular weight is 262 g/mol. The van der Waals surface area contributed by atoms with Gasteiger partial charge in [-0.3, -0.25) is 9.59 Å². The Balaban J connectivity index is 2.05. The smallest absolute Gasteiger partial charge is 0.267 e. The highest BCUT2D eigenvalue weighted by Crippen LogP contribution is 2.31. The normalized spacial score (nSPS) is 14.1. The molecule has 4 rings (SSSR count). The van der Waals surface area contributed by atoms with Crippen molar-refractivity contribution in [2.45, 2.75) is 0 Å². The van der Waals surface area contributed by atoms with Crippen LogP contribution in [0.2, 0.25) is 0 Å². The van der Waals surface area contributed by atoms with Gasteiger partial charge in [0.25, 0.3) is 11.8 Å². The van der Waals surface area contributed by atoms with Crippen molar-refractivity contribution in [3.05, 3.63) is 65.9 Å². The number of H-pyrrole nitrogens is 1. The van der Waals surface area contributed by atoms with E-state index in [2.05, 4.69) is 4.98 Å². The summed E-state index contributed by atoms with van der Waals surface area (Å²) in [6, 6.07) is 14.5. The molecule has 2 heterocycles. The highest BCUT2D eigenvalue weighted by atomic mass is 16.2. The quantitative estimate of drug-likeness (QED) is 0.685.